The second-order valence-corrected chi connectivity index (χ2v) is 4.74. The second-order valence-electron chi connectivity index (χ2n) is 4.74. The summed E-state index contributed by atoms with van der Waals surface area (Å²) in [5.41, 5.74) is 3.95. The summed E-state index contributed by atoms with van der Waals surface area (Å²) < 4.78 is 0. The minimum absolute atomic E-state index is 0.325. The van der Waals surface area contributed by atoms with Gasteiger partial charge in [0.25, 0.3) is 0 Å². The van der Waals surface area contributed by atoms with Gasteiger partial charge in [0.1, 0.15) is 0 Å². The van der Waals surface area contributed by atoms with Crippen molar-refractivity contribution < 1.29 is 0 Å². The molecule has 0 aliphatic carbocycles. The number of aromatic amines is 1. The molecule has 1 aliphatic rings. The van der Waals surface area contributed by atoms with E-state index in [-0.39, 0.29) is 0 Å². The Hall–Kier alpha value is -1.54. The van der Waals surface area contributed by atoms with Crippen molar-refractivity contribution in [3.63, 3.8) is 0 Å². The summed E-state index contributed by atoms with van der Waals surface area (Å²) in [5.74, 6) is 0.325. The molecule has 17 heavy (non-hydrogen) atoms. The molecule has 1 N–H and O–H groups in total. The monoisotopic (exact) mass is 225 g/mol. The quantitative estimate of drug-likeness (QED) is 0.778. The Labute approximate surface area is 102 Å². The van der Waals surface area contributed by atoms with E-state index in [0.717, 1.165) is 19.6 Å². The first-order chi connectivity index (χ1) is 8.29. The first kappa shape index (κ1) is 10.6. The topological polar surface area (TPSA) is 19.0 Å². The van der Waals surface area contributed by atoms with Gasteiger partial charge >= 0.3 is 0 Å². The van der Waals surface area contributed by atoms with Crippen LogP contribution in [0.3, 0.4) is 0 Å². The number of fused-ring (bicyclic) bond motifs is 3. The van der Waals surface area contributed by atoms with E-state index in [9.17, 15) is 0 Å². The summed E-state index contributed by atoms with van der Waals surface area (Å²) in [7, 11) is 0. The molecule has 1 aliphatic heterocycles. The van der Waals surface area contributed by atoms with Crippen LogP contribution in [0.25, 0.3) is 10.9 Å². The number of para-hydroxylation sites is 1. The van der Waals surface area contributed by atoms with Crippen LogP contribution >= 0.6 is 0 Å². The van der Waals surface area contributed by atoms with Crippen LogP contribution in [0.1, 0.15) is 17.2 Å². The molecule has 87 valence electrons. The zero-order chi connectivity index (χ0) is 11.8. The van der Waals surface area contributed by atoms with Crippen LogP contribution in [-0.4, -0.2) is 23.0 Å². The van der Waals surface area contributed by atoms with Crippen LogP contribution in [0.4, 0.5) is 0 Å². The molecule has 2 aromatic rings. The fourth-order valence-corrected chi connectivity index (χ4v) is 2.75. The van der Waals surface area contributed by atoms with Crippen molar-refractivity contribution in [2.45, 2.75) is 12.5 Å². The molecule has 3 rings (SSSR count). The molecular weight excluding hydrogens is 208 g/mol. The molecule has 2 heterocycles. The molecule has 0 amide bonds. The molecule has 0 spiro atoms. The minimum Gasteiger partial charge on any atom is -0.358 e. The van der Waals surface area contributed by atoms with Crippen LogP contribution in [0.15, 0.2) is 36.9 Å². The van der Waals surface area contributed by atoms with Gasteiger partial charge in [-0.15, -0.1) is 6.58 Å². The van der Waals surface area contributed by atoms with E-state index >= 15 is 0 Å². The summed E-state index contributed by atoms with van der Waals surface area (Å²) in [6, 6.07) is 8.50. The van der Waals surface area contributed by atoms with Crippen LogP contribution in [0.2, 0.25) is 0 Å². The maximum atomic E-state index is 4.26. The standard InChI is InChI=1S/C15H17N2/c1-3-8-17-9-11(2)15-13(10-17)12-6-4-5-7-14(12)16-15/h3-7,11,16H,1-2,8-10H2/t11-/m0/s1. The Bertz CT molecular complexity index is 553. The van der Waals surface area contributed by atoms with Crippen LogP contribution in [0, 0.1) is 6.92 Å². The molecule has 1 aromatic heterocycles. The lowest BCUT2D eigenvalue weighted by atomic mass is 9.96. The molecule has 1 atom stereocenters. The largest absolute Gasteiger partial charge is 0.358 e. The van der Waals surface area contributed by atoms with E-state index in [0.29, 0.717) is 5.92 Å². The summed E-state index contributed by atoms with van der Waals surface area (Å²) in [5, 5.41) is 1.34. The van der Waals surface area contributed by atoms with Gasteiger partial charge in [-0.05, 0) is 18.6 Å². The molecule has 0 saturated heterocycles. The lowest BCUT2D eigenvalue weighted by molar-refractivity contribution is 0.268. The van der Waals surface area contributed by atoms with Gasteiger partial charge in [0.2, 0.25) is 0 Å². The maximum Gasteiger partial charge on any atom is 0.0459 e. The summed E-state index contributed by atoms with van der Waals surface area (Å²) in [6.45, 7) is 11.0. The lowest BCUT2D eigenvalue weighted by Gasteiger charge is -2.30. The van der Waals surface area contributed by atoms with Gasteiger partial charge in [0.15, 0.2) is 0 Å². The van der Waals surface area contributed by atoms with E-state index in [4.69, 9.17) is 0 Å². The number of nitrogens with one attached hydrogen (secondary N) is 1. The zero-order valence-corrected chi connectivity index (χ0v) is 9.95. The molecule has 1 radical (unpaired) electrons. The zero-order valence-electron chi connectivity index (χ0n) is 9.95. The summed E-state index contributed by atoms with van der Waals surface area (Å²) in [4.78, 5) is 5.91. The number of hydrogen-bond donors (Lipinski definition) is 1. The molecule has 1 aromatic carbocycles. The van der Waals surface area contributed by atoms with Crippen molar-refractivity contribution in [3.8, 4) is 0 Å². The fourth-order valence-electron chi connectivity index (χ4n) is 2.75. The van der Waals surface area contributed by atoms with E-state index < -0.39 is 0 Å². The third-order valence-electron chi connectivity index (χ3n) is 3.50. The number of aromatic nitrogens is 1. The van der Waals surface area contributed by atoms with Crippen molar-refractivity contribution >= 4 is 10.9 Å². The number of nitrogens with zero attached hydrogens (tertiary/aromatic N) is 1. The van der Waals surface area contributed by atoms with E-state index in [1.54, 1.807) is 0 Å². The second kappa shape index (κ2) is 4.04. The Morgan fingerprint density at radius 1 is 1.41 bits per heavy atom. The molecular formula is C15H17N2. The third-order valence-corrected chi connectivity index (χ3v) is 3.50. The van der Waals surface area contributed by atoms with Gasteiger partial charge in [0.05, 0.1) is 0 Å². The van der Waals surface area contributed by atoms with Gasteiger partial charge in [-0.1, -0.05) is 24.3 Å². The molecule has 2 heteroatoms. The predicted molar refractivity (Wildman–Crippen MR) is 71.9 cm³/mol. The first-order valence-electron chi connectivity index (χ1n) is 6.05. The average Bonchev–Trinajstić information content (AvgIpc) is 2.69. The Morgan fingerprint density at radius 2 is 2.24 bits per heavy atom. The lowest BCUT2D eigenvalue weighted by Crippen LogP contribution is -2.32. The van der Waals surface area contributed by atoms with Crippen LogP contribution < -0.4 is 0 Å². The van der Waals surface area contributed by atoms with E-state index in [2.05, 4.69) is 47.7 Å². The Balaban J connectivity index is 2.10. The Morgan fingerprint density at radius 3 is 3.06 bits per heavy atom. The van der Waals surface area contributed by atoms with Crippen LogP contribution in [0.5, 0.6) is 0 Å². The highest BCUT2D eigenvalue weighted by Gasteiger charge is 2.24. The highest BCUT2D eigenvalue weighted by molar-refractivity contribution is 5.85. The molecule has 0 unspecified atom stereocenters. The molecule has 2 nitrogen and oxygen atoms in total. The highest BCUT2D eigenvalue weighted by Crippen LogP contribution is 2.32. The Kier molecular flexibility index (Phi) is 2.52. The van der Waals surface area contributed by atoms with Crippen molar-refractivity contribution in [2.75, 3.05) is 13.1 Å². The SMILES string of the molecule is [CH2][C@H]1CN(CC=C)Cc2c1[nH]c1ccccc21. The first-order valence-corrected chi connectivity index (χ1v) is 6.05. The van der Waals surface area contributed by atoms with Gasteiger partial charge in [-0.2, -0.15) is 0 Å². The van der Waals surface area contributed by atoms with Crippen LogP contribution in [-0.2, 0) is 6.54 Å². The molecule has 0 bridgehead atoms. The van der Waals surface area contributed by atoms with E-state index in [1.165, 1.54) is 22.2 Å². The van der Waals surface area contributed by atoms with E-state index in [1.807, 2.05) is 6.08 Å². The van der Waals surface area contributed by atoms with Crippen molar-refractivity contribution in [2.24, 2.45) is 0 Å². The smallest absolute Gasteiger partial charge is 0.0459 e. The maximum absolute atomic E-state index is 4.26. The van der Waals surface area contributed by atoms with Gasteiger partial charge in [-0.25, -0.2) is 0 Å². The number of H-pyrrole nitrogens is 1. The van der Waals surface area contributed by atoms with Gasteiger partial charge in [0, 0.05) is 42.1 Å². The van der Waals surface area contributed by atoms with Gasteiger partial charge < -0.3 is 4.98 Å². The predicted octanol–water partition coefficient (Wildman–Crippen LogP) is 3.09. The van der Waals surface area contributed by atoms with Crippen molar-refractivity contribution in [1.29, 1.82) is 0 Å². The number of benzene rings is 1. The molecule has 0 saturated carbocycles. The van der Waals surface area contributed by atoms with Crippen molar-refractivity contribution in [1.82, 2.24) is 9.88 Å². The third kappa shape index (κ3) is 1.69. The number of hydrogen-bond acceptors (Lipinski definition) is 1. The summed E-state index contributed by atoms with van der Waals surface area (Å²) in [6.07, 6.45) is 1.96. The van der Waals surface area contributed by atoms with Crippen molar-refractivity contribution in [3.05, 3.63) is 55.1 Å². The highest BCUT2D eigenvalue weighted by atomic mass is 15.1. The minimum atomic E-state index is 0.325. The fraction of sp³-hybridized carbons (Fsp3) is 0.267. The average molecular weight is 225 g/mol. The normalized spacial score (nSPS) is 20.4. The molecule has 0 fully saturated rings. The summed E-state index contributed by atoms with van der Waals surface area (Å²) >= 11 is 0. The number of rotatable bonds is 2. The van der Waals surface area contributed by atoms with Gasteiger partial charge in [-0.3, -0.25) is 4.90 Å².